The normalized spacial score (nSPS) is 15.5. The van der Waals surface area contributed by atoms with Crippen molar-refractivity contribution >= 4 is 71.1 Å². The predicted octanol–water partition coefficient (Wildman–Crippen LogP) is 17.4. The van der Waals surface area contributed by atoms with Crippen LogP contribution in [0.5, 0.6) is 0 Å². The minimum Gasteiger partial charge on any atom is -0.456 e. The van der Waals surface area contributed by atoms with Gasteiger partial charge in [-0.25, -0.2) is 0 Å². The Morgan fingerprint density at radius 3 is 1.76 bits per heavy atom. The number of hydrogen-bond donors (Lipinski definition) is 0. The molecule has 3 aromatic heterocycles. The van der Waals surface area contributed by atoms with Crippen molar-refractivity contribution in [1.29, 1.82) is 0 Å². The molecule has 0 N–H and O–H groups in total. The summed E-state index contributed by atoms with van der Waals surface area (Å²) < 4.78 is 11.6. The summed E-state index contributed by atoms with van der Waals surface area (Å²) in [6.07, 6.45) is 5.85. The first kappa shape index (κ1) is 38.2. The molecule has 0 spiro atoms. The maximum Gasteiger partial charge on any atom is 0.137 e. The molecule has 3 heterocycles. The van der Waals surface area contributed by atoms with E-state index in [9.17, 15) is 0 Å². The lowest BCUT2D eigenvalue weighted by Crippen LogP contribution is -2.17. The predicted molar refractivity (Wildman–Crippen MR) is 282 cm³/mol. The summed E-state index contributed by atoms with van der Waals surface area (Å²) in [4.78, 5) is 0. The van der Waals surface area contributed by atoms with Crippen molar-refractivity contribution in [3.8, 4) is 44.8 Å². The zero-order chi connectivity index (χ0) is 44.5. The van der Waals surface area contributed by atoms with E-state index in [1.54, 1.807) is 0 Å². The number of benzene rings is 9. The van der Waals surface area contributed by atoms with Crippen molar-refractivity contribution in [3.63, 3.8) is 0 Å². The molecule has 2 aliphatic carbocycles. The Balaban J connectivity index is 0.998. The van der Waals surface area contributed by atoms with Gasteiger partial charge in [0.25, 0.3) is 0 Å². The van der Waals surface area contributed by atoms with Gasteiger partial charge in [0.15, 0.2) is 0 Å². The van der Waals surface area contributed by atoms with Gasteiger partial charge in [-0.3, -0.25) is 0 Å². The molecule has 1 unspecified atom stereocenters. The summed E-state index contributed by atoms with van der Waals surface area (Å²) >= 11 is 0. The van der Waals surface area contributed by atoms with Crippen LogP contribution in [0.2, 0.25) is 0 Å². The highest BCUT2D eigenvalue weighted by atomic mass is 16.3. The van der Waals surface area contributed by atoms with Crippen LogP contribution in [-0.2, 0) is 5.41 Å². The second-order valence-corrected chi connectivity index (χ2v) is 19.3. The largest absolute Gasteiger partial charge is 0.456 e. The van der Waals surface area contributed by atoms with Crippen LogP contribution in [-0.4, -0.2) is 9.13 Å². The van der Waals surface area contributed by atoms with Crippen molar-refractivity contribution < 1.29 is 4.42 Å². The molecule has 0 saturated heterocycles. The average Bonchev–Trinajstić information content (AvgIpc) is 4.07. The highest BCUT2D eigenvalue weighted by Crippen LogP contribution is 2.54. The molecule has 3 heteroatoms. The molecule has 0 fully saturated rings. The van der Waals surface area contributed by atoms with Gasteiger partial charge >= 0.3 is 0 Å². The molecule has 0 saturated carbocycles. The van der Waals surface area contributed by atoms with Crippen LogP contribution in [0.25, 0.3) is 116 Å². The third-order valence-electron chi connectivity index (χ3n) is 15.1. The maximum absolute atomic E-state index is 6.69. The van der Waals surface area contributed by atoms with E-state index >= 15 is 0 Å². The average molecular weight is 859 g/mol. The van der Waals surface area contributed by atoms with E-state index in [1.807, 2.05) is 0 Å². The second-order valence-electron chi connectivity index (χ2n) is 19.3. The SMILES string of the molecule is CC1CC=CC2=C1c1cc3c4cc(-c5ccc6oc7cc8c(cc7c6c5)c5ccccc5n8-c5ccccc5)ccc4n(-c4cc(-c5ccccc5)cc(-c5ccccc5)c4)c3cc1C2(C)C. The van der Waals surface area contributed by atoms with E-state index in [0.29, 0.717) is 5.92 Å². The van der Waals surface area contributed by atoms with Crippen LogP contribution in [0.3, 0.4) is 0 Å². The fourth-order valence-electron chi connectivity index (χ4n) is 11.8. The first-order valence-electron chi connectivity index (χ1n) is 23.6. The van der Waals surface area contributed by atoms with Crippen molar-refractivity contribution in [1.82, 2.24) is 9.13 Å². The summed E-state index contributed by atoms with van der Waals surface area (Å²) in [5.74, 6) is 0.463. The minimum absolute atomic E-state index is 0.109. The zero-order valence-corrected chi connectivity index (χ0v) is 37.7. The van der Waals surface area contributed by atoms with Gasteiger partial charge < -0.3 is 13.6 Å². The van der Waals surface area contributed by atoms with Crippen LogP contribution >= 0.6 is 0 Å². The van der Waals surface area contributed by atoms with Crippen LogP contribution in [0, 0.1) is 5.92 Å². The number of fused-ring (bicyclic) bond motifs is 11. The van der Waals surface area contributed by atoms with E-state index in [-0.39, 0.29) is 5.41 Å². The molecule has 2 aliphatic rings. The Kier molecular flexibility index (Phi) is 8.08. The molecule has 0 bridgehead atoms. The summed E-state index contributed by atoms with van der Waals surface area (Å²) in [5, 5.41) is 7.23. The second kappa shape index (κ2) is 14.2. The van der Waals surface area contributed by atoms with Crippen molar-refractivity contribution in [2.24, 2.45) is 5.92 Å². The number of para-hydroxylation sites is 2. The fourth-order valence-corrected chi connectivity index (χ4v) is 11.8. The smallest absolute Gasteiger partial charge is 0.137 e. The van der Waals surface area contributed by atoms with Crippen LogP contribution in [0.4, 0.5) is 0 Å². The van der Waals surface area contributed by atoms with Gasteiger partial charge in [0.1, 0.15) is 11.2 Å². The monoisotopic (exact) mass is 858 g/mol. The first-order chi connectivity index (χ1) is 32.9. The van der Waals surface area contributed by atoms with Crippen LogP contribution < -0.4 is 0 Å². The summed E-state index contributed by atoms with van der Waals surface area (Å²) in [6.45, 7) is 7.23. The molecule has 318 valence electrons. The van der Waals surface area contributed by atoms with Crippen molar-refractivity contribution in [2.75, 3.05) is 0 Å². The lowest BCUT2D eigenvalue weighted by atomic mass is 9.79. The quantitative estimate of drug-likeness (QED) is 0.169. The van der Waals surface area contributed by atoms with E-state index in [4.69, 9.17) is 4.42 Å². The third-order valence-corrected chi connectivity index (χ3v) is 15.1. The van der Waals surface area contributed by atoms with Gasteiger partial charge in [0.2, 0.25) is 0 Å². The van der Waals surface area contributed by atoms with Gasteiger partial charge in [-0.05, 0) is 147 Å². The van der Waals surface area contributed by atoms with E-state index < -0.39 is 0 Å². The number of allylic oxidation sites excluding steroid dienone is 4. The number of rotatable bonds is 5. The lowest BCUT2D eigenvalue weighted by molar-refractivity contribution is 0.643. The molecular weight excluding hydrogens is 813 g/mol. The molecule has 14 rings (SSSR count). The first-order valence-corrected chi connectivity index (χ1v) is 23.6. The maximum atomic E-state index is 6.69. The van der Waals surface area contributed by atoms with Gasteiger partial charge in [0.05, 0.1) is 22.1 Å². The van der Waals surface area contributed by atoms with Crippen molar-refractivity contribution in [2.45, 2.75) is 32.6 Å². The Morgan fingerprint density at radius 2 is 1.01 bits per heavy atom. The number of furan rings is 1. The summed E-state index contributed by atoms with van der Waals surface area (Å²) in [6, 6.07) is 71.6. The third kappa shape index (κ3) is 5.64. The molecule has 0 aliphatic heterocycles. The van der Waals surface area contributed by atoms with Crippen LogP contribution in [0.1, 0.15) is 38.3 Å². The van der Waals surface area contributed by atoms with Gasteiger partial charge in [0, 0.05) is 55.2 Å². The van der Waals surface area contributed by atoms with Gasteiger partial charge in [-0.1, -0.05) is 142 Å². The highest BCUT2D eigenvalue weighted by molar-refractivity contribution is 6.18. The molecule has 9 aromatic carbocycles. The van der Waals surface area contributed by atoms with E-state index in [1.165, 1.54) is 93.7 Å². The lowest BCUT2D eigenvalue weighted by Gasteiger charge is -2.25. The fraction of sp³-hybridized carbons (Fsp3) is 0.0938. The minimum atomic E-state index is -0.109. The molecule has 3 nitrogen and oxygen atoms in total. The molecule has 67 heavy (non-hydrogen) atoms. The Labute approximate surface area is 389 Å². The molecular formula is C64H46N2O. The summed E-state index contributed by atoms with van der Waals surface area (Å²) in [5.41, 5.74) is 21.7. The number of nitrogens with zero attached hydrogens (tertiary/aromatic N) is 2. The number of aromatic nitrogens is 2. The zero-order valence-electron chi connectivity index (χ0n) is 37.7. The topological polar surface area (TPSA) is 23.0 Å². The van der Waals surface area contributed by atoms with Gasteiger partial charge in [-0.2, -0.15) is 0 Å². The molecule has 0 amide bonds. The molecule has 12 aromatic rings. The van der Waals surface area contributed by atoms with Crippen molar-refractivity contribution in [3.05, 3.63) is 223 Å². The van der Waals surface area contributed by atoms with Gasteiger partial charge in [-0.15, -0.1) is 0 Å². The molecule has 0 radical (unpaired) electrons. The van der Waals surface area contributed by atoms with E-state index in [0.717, 1.165) is 45.3 Å². The summed E-state index contributed by atoms with van der Waals surface area (Å²) in [7, 11) is 0. The Bertz CT molecular complexity index is 4020. The number of hydrogen-bond acceptors (Lipinski definition) is 1. The molecule has 1 atom stereocenters. The van der Waals surface area contributed by atoms with E-state index in [2.05, 4.69) is 236 Å². The Hall–Kier alpha value is -8.14. The van der Waals surface area contributed by atoms with Crippen LogP contribution in [0.15, 0.2) is 216 Å². The highest BCUT2D eigenvalue weighted by Gasteiger charge is 2.40. The standard InChI is InChI=1S/C64H46N2O/c1-39-16-15-24-55-63(39)54-36-51-49-33-42(43-27-29-61-52(34-43)53-35-50-48-23-13-14-25-57(48)65(46-21-11-6-12-22-46)60(50)38-62(53)67-61)26-28-58(49)66(59(51)37-56(54)64(55,2)3)47-31-44(40-17-7-4-8-18-40)30-45(32-47)41-19-9-5-10-20-41/h4-15,17-39H,16H2,1-3H3. The Morgan fingerprint density at radius 1 is 0.433 bits per heavy atom.